The van der Waals surface area contributed by atoms with E-state index in [0.717, 1.165) is 21.2 Å². The van der Waals surface area contributed by atoms with E-state index in [9.17, 15) is 4.79 Å². The number of benzene rings is 2. The minimum absolute atomic E-state index is 0.342. The molecule has 1 aromatic heterocycles. The van der Waals surface area contributed by atoms with Crippen molar-refractivity contribution in [2.24, 2.45) is 7.05 Å². The first kappa shape index (κ1) is 17.2. The molecular weight excluding hydrogens is 382 g/mol. The van der Waals surface area contributed by atoms with E-state index in [4.69, 9.17) is 4.74 Å². The van der Waals surface area contributed by atoms with Crippen LogP contribution < -0.4 is 5.32 Å². The van der Waals surface area contributed by atoms with Crippen molar-refractivity contribution in [3.8, 4) is 11.1 Å². The molecule has 3 aromatic rings. The van der Waals surface area contributed by atoms with Gasteiger partial charge in [0.05, 0.1) is 6.20 Å². The molecule has 0 fully saturated rings. The third-order valence-corrected chi connectivity index (χ3v) is 4.40. The highest BCUT2D eigenvalue weighted by Crippen LogP contribution is 2.29. The maximum Gasteiger partial charge on any atom is 0.413 e. The number of amides is 1. The van der Waals surface area contributed by atoms with Gasteiger partial charge in [0.15, 0.2) is 0 Å². The first-order chi connectivity index (χ1) is 12.0. The van der Waals surface area contributed by atoms with Crippen molar-refractivity contribution in [2.75, 3.05) is 5.32 Å². The van der Waals surface area contributed by atoms with Crippen molar-refractivity contribution in [3.05, 3.63) is 70.8 Å². The molecule has 1 heterocycles. The van der Waals surface area contributed by atoms with E-state index < -0.39 is 6.09 Å². The van der Waals surface area contributed by atoms with Crippen LogP contribution in [0.2, 0.25) is 0 Å². The summed E-state index contributed by atoms with van der Waals surface area (Å²) in [6.07, 6.45) is 0.864. The Morgan fingerprint density at radius 1 is 1.16 bits per heavy atom. The van der Waals surface area contributed by atoms with Gasteiger partial charge in [-0.15, -0.1) is 0 Å². The fourth-order valence-corrected chi connectivity index (χ4v) is 2.77. The highest BCUT2D eigenvalue weighted by molar-refractivity contribution is 9.10. The summed E-state index contributed by atoms with van der Waals surface area (Å²) in [7, 11) is 1.78. The Balaban J connectivity index is 1.75. The molecule has 25 heavy (non-hydrogen) atoms. The van der Waals surface area contributed by atoms with Crippen LogP contribution in [0.5, 0.6) is 0 Å². The van der Waals surface area contributed by atoms with Gasteiger partial charge in [0.25, 0.3) is 0 Å². The zero-order valence-corrected chi connectivity index (χ0v) is 15.5. The first-order valence-electron chi connectivity index (χ1n) is 7.85. The van der Waals surface area contributed by atoms with Crippen LogP contribution in [-0.2, 0) is 11.8 Å². The van der Waals surface area contributed by atoms with Gasteiger partial charge < -0.3 is 4.74 Å². The molecule has 0 aliphatic carbocycles. The maximum absolute atomic E-state index is 12.3. The molecule has 1 atom stereocenters. The van der Waals surface area contributed by atoms with Crippen molar-refractivity contribution in [2.45, 2.75) is 13.0 Å². The summed E-state index contributed by atoms with van der Waals surface area (Å²) in [5, 5.41) is 7.04. The Hall–Kier alpha value is -2.60. The standard InChI is InChI=1S/C19H18BrN3O2/c1-13(14-6-4-3-5-7-14)25-19(24)22-18-17(12-21-23(18)2)15-8-10-16(20)11-9-15/h3-13H,1-2H3,(H,22,24). The van der Waals surface area contributed by atoms with E-state index in [2.05, 4.69) is 26.3 Å². The third kappa shape index (κ3) is 4.09. The number of halogens is 1. The Morgan fingerprint density at radius 2 is 1.84 bits per heavy atom. The van der Waals surface area contributed by atoms with Gasteiger partial charge in [-0.25, -0.2) is 4.79 Å². The van der Waals surface area contributed by atoms with E-state index in [0.29, 0.717) is 5.82 Å². The Kier molecular flexibility index (Phi) is 5.19. The third-order valence-electron chi connectivity index (χ3n) is 3.87. The number of carbonyl (C=O) groups is 1. The first-order valence-corrected chi connectivity index (χ1v) is 8.64. The number of carbonyl (C=O) groups excluding carboxylic acids is 1. The van der Waals surface area contributed by atoms with Gasteiger partial charge in [-0.1, -0.05) is 58.4 Å². The summed E-state index contributed by atoms with van der Waals surface area (Å²) in [6.45, 7) is 1.84. The molecule has 0 radical (unpaired) electrons. The summed E-state index contributed by atoms with van der Waals surface area (Å²) in [5.41, 5.74) is 2.73. The molecule has 1 amide bonds. The smallest absolute Gasteiger partial charge is 0.413 e. The zero-order chi connectivity index (χ0) is 17.8. The second kappa shape index (κ2) is 7.53. The van der Waals surface area contributed by atoms with Crippen LogP contribution in [0.4, 0.5) is 10.6 Å². The van der Waals surface area contributed by atoms with E-state index in [-0.39, 0.29) is 6.10 Å². The lowest BCUT2D eigenvalue weighted by Gasteiger charge is -2.15. The fraction of sp³-hybridized carbons (Fsp3) is 0.158. The predicted octanol–water partition coefficient (Wildman–Crippen LogP) is 5.16. The summed E-state index contributed by atoms with van der Waals surface area (Å²) in [5.74, 6) is 0.590. The van der Waals surface area contributed by atoms with Crippen molar-refractivity contribution in [3.63, 3.8) is 0 Å². The Labute approximate surface area is 154 Å². The van der Waals surface area contributed by atoms with Gasteiger partial charge in [-0.2, -0.15) is 5.10 Å². The van der Waals surface area contributed by atoms with Crippen LogP contribution in [0.1, 0.15) is 18.6 Å². The number of nitrogens with one attached hydrogen (secondary N) is 1. The number of anilines is 1. The highest BCUT2D eigenvalue weighted by Gasteiger charge is 2.17. The van der Waals surface area contributed by atoms with E-state index in [1.807, 2.05) is 61.5 Å². The van der Waals surface area contributed by atoms with Gasteiger partial charge in [0.1, 0.15) is 11.9 Å². The molecular formula is C19H18BrN3O2. The molecule has 0 saturated carbocycles. The van der Waals surface area contributed by atoms with Gasteiger partial charge in [0.2, 0.25) is 0 Å². The van der Waals surface area contributed by atoms with Gasteiger partial charge in [0, 0.05) is 17.1 Å². The molecule has 0 bridgehead atoms. The van der Waals surface area contributed by atoms with Crippen LogP contribution in [0.15, 0.2) is 65.3 Å². The minimum Gasteiger partial charge on any atom is -0.441 e. The lowest BCUT2D eigenvalue weighted by atomic mass is 10.1. The molecule has 1 N–H and O–H groups in total. The molecule has 128 valence electrons. The Morgan fingerprint density at radius 3 is 2.52 bits per heavy atom. The van der Waals surface area contributed by atoms with Crippen LogP contribution in [0, 0.1) is 0 Å². The molecule has 0 saturated heterocycles. The van der Waals surface area contributed by atoms with Gasteiger partial charge >= 0.3 is 6.09 Å². The molecule has 5 nitrogen and oxygen atoms in total. The number of ether oxygens (including phenoxy) is 1. The van der Waals surface area contributed by atoms with E-state index in [1.54, 1.807) is 17.9 Å². The topological polar surface area (TPSA) is 56.1 Å². The SMILES string of the molecule is CC(OC(=O)Nc1c(-c2ccc(Br)cc2)cnn1C)c1ccccc1. The second-order valence-corrected chi connectivity index (χ2v) is 6.54. The van der Waals surface area contributed by atoms with Crippen LogP contribution in [0.25, 0.3) is 11.1 Å². The lowest BCUT2D eigenvalue weighted by Crippen LogP contribution is -2.18. The zero-order valence-electron chi connectivity index (χ0n) is 13.9. The molecule has 2 aromatic carbocycles. The molecule has 0 aliphatic heterocycles. The fourth-order valence-electron chi connectivity index (χ4n) is 2.51. The van der Waals surface area contributed by atoms with Gasteiger partial charge in [-0.05, 0) is 30.2 Å². The average molecular weight is 400 g/mol. The van der Waals surface area contributed by atoms with Crippen LogP contribution in [0.3, 0.4) is 0 Å². The monoisotopic (exact) mass is 399 g/mol. The normalized spacial score (nSPS) is 11.8. The summed E-state index contributed by atoms with van der Waals surface area (Å²) < 4.78 is 8.08. The van der Waals surface area contributed by atoms with Crippen molar-refractivity contribution in [1.82, 2.24) is 9.78 Å². The molecule has 0 aliphatic rings. The lowest BCUT2D eigenvalue weighted by molar-refractivity contribution is 0.121. The second-order valence-electron chi connectivity index (χ2n) is 5.62. The quantitative estimate of drug-likeness (QED) is 0.658. The molecule has 0 spiro atoms. The summed E-state index contributed by atoms with van der Waals surface area (Å²) >= 11 is 3.42. The van der Waals surface area contributed by atoms with Crippen molar-refractivity contribution < 1.29 is 9.53 Å². The van der Waals surface area contributed by atoms with Crippen molar-refractivity contribution >= 4 is 27.8 Å². The number of hydrogen-bond acceptors (Lipinski definition) is 3. The van der Waals surface area contributed by atoms with E-state index >= 15 is 0 Å². The Bertz CT molecular complexity index is 860. The van der Waals surface area contributed by atoms with Crippen LogP contribution in [-0.4, -0.2) is 15.9 Å². The molecule has 1 unspecified atom stereocenters. The average Bonchev–Trinajstić information content (AvgIpc) is 2.97. The van der Waals surface area contributed by atoms with Gasteiger partial charge in [-0.3, -0.25) is 10.00 Å². The van der Waals surface area contributed by atoms with E-state index in [1.165, 1.54) is 0 Å². The van der Waals surface area contributed by atoms with Crippen molar-refractivity contribution in [1.29, 1.82) is 0 Å². The molecule has 3 rings (SSSR count). The number of aryl methyl sites for hydroxylation is 1. The number of aromatic nitrogens is 2. The number of hydrogen-bond donors (Lipinski definition) is 1. The summed E-state index contributed by atoms with van der Waals surface area (Å²) in [4.78, 5) is 12.3. The number of nitrogens with zero attached hydrogens (tertiary/aromatic N) is 2. The molecule has 6 heteroatoms. The summed E-state index contributed by atoms with van der Waals surface area (Å²) in [6, 6.07) is 17.4. The largest absolute Gasteiger partial charge is 0.441 e. The maximum atomic E-state index is 12.3. The number of rotatable bonds is 4. The van der Waals surface area contributed by atoms with Crippen LogP contribution >= 0.6 is 15.9 Å². The predicted molar refractivity (Wildman–Crippen MR) is 101 cm³/mol. The highest BCUT2D eigenvalue weighted by atomic mass is 79.9. The minimum atomic E-state index is -0.515.